The first-order valence-corrected chi connectivity index (χ1v) is 9.40. The maximum atomic E-state index is 4.77. The molecule has 4 heteroatoms. The third-order valence-corrected chi connectivity index (χ3v) is 4.78. The molecule has 0 unspecified atom stereocenters. The topological polar surface area (TPSA) is 41.1 Å². The first kappa shape index (κ1) is 17.7. The Morgan fingerprint density at radius 3 is 2.16 bits per heavy atom. The van der Waals surface area contributed by atoms with Crippen molar-refractivity contribution in [3.05, 3.63) is 41.6 Å². The van der Waals surface area contributed by atoms with Crippen LogP contribution in [0.5, 0.6) is 0 Å². The number of benzene rings is 1. The standard InChI is InChI=1S/C21H30N4/c1-16-15-19(25-13-7-5-6-8-14-25)24-20(22-16)23-18-11-9-17(10-12-18)21(2,3)4/h9-12,15H,5-8,13-14H2,1-4H3,(H,22,23,24). The van der Waals surface area contributed by atoms with Gasteiger partial charge < -0.3 is 10.2 Å². The Kier molecular flexibility index (Phi) is 5.26. The van der Waals surface area contributed by atoms with E-state index in [0.29, 0.717) is 5.95 Å². The summed E-state index contributed by atoms with van der Waals surface area (Å²) in [6, 6.07) is 10.7. The maximum absolute atomic E-state index is 4.77. The van der Waals surface area contributed by atoms with Crippen LogP contribution in [-0.2, 0) is 5.41 Å². The number of anilines is 3. The highest BCUT2D eigenvalue weighted by molar-refractivity contribution is 5.56. The maximum Gasteiger partial charge on any atom is 0.229 e. The number of rotatable bonds is 3. The van der Waals surface area contributed by atoms with Crippen LogP contribution in [0.2, 0.25) is 0 Å². The van der Waals surface area contributed by atoms with Crippen LogP contribution in [0.25, 0.3) is 0 Å². The van der Waals surface area contributed by atoms with Crippen LogP contribution in [0.15, 0.2) is 30.3 Å². The number of hydrogen-bond acceptors (Lipinski definition) is 4. The number of nitrogens with one attached hydrogen (secondary N) is 1. The SMILES string of the molecule is Cc1cc(N2CCCCCC2)nc(Nc2ccc(C(C)(C)C)cc2)n1. The molecule has 1 saturated heterocycles. The Bertz CT molecular complexity index is 693. The Labute approximate surface area is 151 Å². The van der Waals surface area contributed by atoms with Gasteiger partial charge >= 0.3 is 0 Å². The molecule has 3 rings (SSSR count). The van der Waals surface area contributed by atoms with Crippen LogP contribution in [0.3, 0.4) is 0 Å². The molecule has 0 saturated carbocycles. The highest BCUT2D eigenvalue weighted by Crippen LogP contribution is 2.25. The van der Waals surface area contributed by atoms with Gasteiger partial charge in [0.2, 0.25) is 5.95 Å². The minimum Gasteiger partial charge on any atom is -0.356 e. The summed E-state index contributed by atoms with van der Waals surface area (Å²) < 4.78 is 0. The normalized spacial score (nSPS) is 15.8. The van der Waals surface area contributed by atoms with Crippen LogP contribution < -0.4 is 10.2 Å². The van der Waals surface area contributed by atoms with E-state index in [2.05, 4.69) is 66.3 Å². The molecule has 134 valence electrons. The van der Waals surface area contributed by atoms with Gasteiger partial charge in [0.1, 0.15) is 5.82 Å². The Balaban J connectivity index is 1.78. The number of hydrogen-bond donors (Lipinski definition) is 1. The first-order chi connectivity index (χ1) is 11.9. The van der Waals surface area contributed by atoms with Crippen molar-refractivity contribution in [3.63, 3.8) is 0 Å². The fourth-order valence-electron chi connectivity index (χ4n) is 3.25. The van der Waals surface area contributed by atoms with Crippen LogP contribution in [0, 0.1) is 6.92 Å². The summed E-state index contributed by atoms with van der Waals surface area (Å²) in [5, 5.41) is 3.37. The van der Waals surface area contributed by atoms with E-state index in [1.54, 1.807) is 0 Å². The summed E-state index contributed by atoms with van der Waals surface area (Å²) in [7, 11) is 0. The monoisotopic (exact) mass is 338 g/mol. The smallest absolute Gasteiger partial charge is 0.229 e. The lowest BCUT2D eigenvalue weighted by Crippen LogP contribution is -2.25. The lowest BCUT2D eigenvalue weighted by atomic mass is 9.87. The zero-order valence-corrected chi connectivity index (χ0v) is 16.0. The molecule has 25 heavy (non-hydrogen) atoms. The number of aromatic nitrogens is 2. The zero-order valence-electron chi connectivity index (χ0n) is 16.0. The summed E-state index contributed by atoms with van der Waals surface area (Å²) in [5.41, 5.74) is 3.52. The summed E-state index contributed by atoms with van der Waals surface area (Å²) in [5.74, 6) is 1.73. The van der Waals surface area contributed by atoms with Gasteiger partial charge in [-0.2, -0.15) is 4.98 Å². The van der Waals surface area contributed by atoms with Crippen molar-refractivity contribution < 1.29 is 0 Å². The van der Waals surface area contributed by atoms with E-state index in [-0.39, 0.29) is 5.41 Å². The Hall–Kier alpha value is -2.10. The van der Waals surface area contributed by atoms with Gasteiger partial charge in [0.15, 0.2) is 0 Å². The van der Waals surface area contributed by atoms with Gasteiger partial charge in [-0.15, -0.1) is 0 Å². The average Bonchev–Trinajstić information content (AvgIpc) is 2.83. The molecule has 0 amide bonds. The first-order valence-electron chi connectivity index (χ1n) is 9.40. The summed E-state index contributed by atoms with van der Waals surface area (Å²) in [6.07, 6.45) is 5.15. The van der Waals surface area contributed by atoms with Gasteiger partial charge in [-0.3, -0.25) is 0 Å². The van der Waals surface area contributed by atoms with Crippen LogP contribution in [0.4, 0.5) is 17.5 Å². The highest BCUT2D eigenvalue weighted by atomic mass is 15.2. The summed E-state index contributed by atoms with van der Waals surface area (Å²) in [6.45, 7) is 10.9. The largest absolute Gasteiger partial charge is 0.356 e. The van der Waals surface area contributed by atoms with E-state index in [1.165, 1.54) is 31.2 Å². The molecule has 0 spiro atoms. The predicted octanol–water partition coefficient (Wildman–Crippen LogP) is 5.21. The molecular weight excluding hydrogens is 308 g/mol. The number of aryl methyl sites for hydroxylation is 1. The molecule has 1 aromatic carbocycles. The van der Waals surface area contributed by atoms with Gasteiger partial charge in [0, 0.05) is 30.5 Å². The minimum absolute atomic E-state index is 0.165. The van der Waals surface area contributed by atoms with E-state index in [1.807, 2.05) is 6.92 Å². The van der Waals surface area contributed by atoms with E-state index in [0.717, 1.165) is 30.3 Å². The molecule has 1 fully saturated rings. The zero-order chi connectivity index (χ0) is 17.9. The molecule has 1 N–H and O–H groups in total. The number of nitrogens with zero attached hydrogens (tertiary/aromatic N) is 3. The Morgan fingerprint density at radius 1 is 0.920 bits per heavy atom. The van der Waals surface area contributed by atoms with Crippen molar-refractivity contribution in [2.75, 3.05) is 23.3 Å². The molecule has 1 aliphatic heterocycles. The third-order valence-electron chi connectivity index (χ3n) is 4.78. The lowest BCUT2D eigenvalue weighted by molar-refractivity contribution is 0.590. The molecule has 0 atom stereocenters. The van der Waals surface area contributed by atoms with Crippen LogP contribution >= 0.6 is 0 Å². The van der Waals surface area contributed by atoms with Gasteiger partial charge in [-0.1, -0.05) is 45.7 Å². The predicted molar refractivity (Wildman–Crippen MR) is 106 cm³/mol. The van der Waals surface area contributed by atoms with Crippen molar-refractivity contribution in [1.82, 2.24) is 9.97 Å². The molecule has 2 heterocycles. The van der Waals surface area contributed by atoms with Crippen molar-refractivity contribution >= 4 is 17.5 Å². The minimum atomic E-state index is 0.165. The quantitative estimate of drug-likeness (QED) is 0.834. The van der Waals surface area contributed by atoms with Crippen molar-refractivity contribution in [2.45, 2.75) is 58.8 Å². The highest BCUT2D eigenvalue weighted by Gasteiger charge is 2.14. The third kappa shape index (κ3) is 4.71. The van der Waals surface area contributed by atoms with Gasteiger partial charge in [-0.05, 0) is 42.9 Å². The van der Waals surface area contributed by atoms with Crippen molar-refractivity contribution in [1.29, 1.82) is 0 Å². The van der Waals surface area contributed by atoms with Crippen molar-refractivity contribution in [3.8, 4) is 0 Å². The lowest BCUT2D eigenvalue weighted by Gasteiger charge is -2.22. The van der Waals surface area contributed by atoms with Gasteiger partial charge in [0.25, 0.3) is 0 Å². The second-order valence-corrected chi connectivity index (χ2v) is 8.04. The van der Waals surface area contributed by atoms with Gasteiger partial charge in [-0.25, -0.2) is 4.98 Å². The summed E-state index contributed by atoms with van der Waals surface area (Å²) in [4.78, 5) is 11.7. The van der Waals surface area contributed by atoms with Gasteiger partial charge in [0.05, 0.1) is 0 Å². The van der Waals surface area contributed by atoms with E-state index in [9.17, 15) is 0 Å². The second kappa shape index (κ2) is 7.42. The van der Waals surface area contributed by atoms with Crippen LogP contribution in [-0.4, -0.2) is 23.1 Å². The molecule has 4 nitrogen and oxygen atoms in total. The second-order valence-electron chi connectivity index (χ2n) is 8.04. The molecule has 0 radical (unpaired) electrons. The average molecular weight is 338 g/mol. The van der Waals surface area contributed by atoms with Crippen LogP contribution in [0.1, 0.15) is 57.7 Å². The molecule has 2 aromatic rings. The van der Waals surface area contributed by atoms with E-state index >= 15 is 0 Å². The molecule has 0 aliphatic carbocycles. The molecule has 1 aliphatic rings. The van der Waals surface area contributed by atoms with E-state index in [4.69, 9.17) is 4.98 Å². The fraction of sp³-hybridized carbons (Fsp3) is 0.524. The molecule has 0 bridgehead atoms. The van der Waals surface area contributed by atoms with Crippen molar-refractivity contribution in [2.24, 2.45) is 0 Å². The van der Waals surface area contributed by atoms with E-state index < -0.39 is 0 Å². The Morgan fingerprint density at radius 2 is 1.56 bits per heavy atom. The fourth-order valence-corrected chi connectivity index (χ4v) is 3.25. The summed E-state index contributed by atoms with van der Waals surface area (Å²) >= 11 is 0. The molecule has 1 aromatic heterocycles. The molecular formula is C21H30N4.